The van der Waals surface area contributed by atoms with Crippen LogP contribution in [0.3, 0.4) is 0 Å². The van der Waals surface area contributed by atoms with Crippen molar-refractivity contribution in [1.82, 2.24) is 15.5 Å². The van der Waals surface area contributed by atoms with E-state index in [1.165, 1.54) is 18.4 Å². The molecule has 7 heteroatoms. The van der Waals surface area contributed by atoms with Gasteiger partial charge in [0, 0.05) is 26.7 Å². The molecule has 1 aromatic heterocycles. The zero-order valence-corrected chi connectivity index (χ0v) is 14.5. The number of guanidine groups is 1. The summed E-state index contributed by atoms with van der Waals surface area (Å²) in [6.07, 6.45) is 1.46. The molecule has 0 unspecified atom stereocenters. The van der Waals surface area contributed by atoms with Crippen molar-refractivity contribution in [2.75, 3.05) is 26.7 Å². The Bertz CT molecular complexity index is 701. The number of aliphatic imine (C=N–C) groups is 1. The number of amides is 1. The molecule has 0 aliphatic carbocycles. The summed E-state index contributed by atoms with van der Waals surface area (Å²) in [5.74, 6) is 0.449. The maximum absolute atomic E-state index is 13.3. The first-order valence-corrected chi connectivity index (χ1v) is 8.15. The lowest BCUT2D eigenvalue weighted by molar-refractivity contribution is 0.0927. The molecule has 0 saturated heterocycles. The fourth-order valence-corrected chi connectivity index (χ4v) is 2.28. The summed E-state index contributed by atoms with van der Waals surface area (Å²) < 4.78 is 18.3. The fraction of sp³-hybridized carbons (Fsp3) is 0.333. The van der Waals surface area contributed by atoms with Crippen molar-refractivity contribution in [3.63, 3.8) is 0 Å². The van der Waals surface area contributed by atoms with Crippen LogP contribution in [0.5, 0.6) is 0 Å². The molecule has 1 amide bonds. The third kappa shape index (κ3) is 5.95. The van der Waals surface area contributed by atoms with Crippen LogP contribution in [0.25, 0.3) is 0 Å². The Morgan fingerprint density at radius 3 is 2.80 bits per heavy atom. The van der Waals surface area contributed by atoms with Crippen LogP contribution < -0.4 is 10.6 Å². The highest BCUT2D eigenvalue weighted by Crippen LogP contribution is 2.06. The molecule has 0 bridgehead atoms. The van der Waals surface area contributed by atoms with E-state index >= 15 is 0 Å². The van der Waals surface area contributed by atoms with Crippen LogP contribution in [0.4, 0.5) is 4.39 Å². The number of halogens is 1. The summed E-state index contributed by atoms with van der Waals surface area (Å²) >= 11 is 0. The zero-order chi connectivity index (χ0) is 18.1. The average molecular weight is 346 g/mol. The lowest BCUT2D eigenvalue weighted by Crippen LogP contribution is -2.39. The van der Waals surface area contributed by atoms with Gasteiger partial charge in [0.25, 0.3) is 5.91 Å². The van der Waals surface area contributed by atoms with Crippen molar-refractivity contribution in [2.24, 2.45) is 4.99 Å². The van der Waals surface area contributed by atoms with Gasteiger partial charge in [0.05, 0.1) is 12.8 Å². The molecule has 2 aromatic rings. The van der Waals surface area contributed by atoms with Gasteiger partial charge in [-0.25, -0.2) is 4.39 Å². The minimum Gasteiger partial charge on any atom is -0.459 e. The summed E-state index contributed by atoms with van der Waals surface area (Å²) in [5.41, 5.74) is 0.860. The van der Waals surface area contributed by atoms with Crippen molar-refractivity contribution < 1.29 is 13.6 Å². The quantitative estimate of drug-likeness (QED) is 0.458. The van der Waals surface area contributed by atoms with E-state index in [0.717, 1.165) is 5.56 Å². The number of nitrogens with zero attached hydrogens (tertiary/aromatic N) is 2. The summed E-state index contributed by atoms with van der Waals surface area (Å²) in [4.78, 5) is 18.2. The molecule has 1 heterocycles. The molecule has 25 heavy (non-hydrogen) atoms. The predicted octanol–water partition coefficient (Wildman–Crippen LogP) is 2.25. The van der Waals surface area contributed by atoms with Gasteiger partial charge in [0.1, 0.15) is 5.82 Å². The van der Waals surface area contributed by atoms with Gasteiger partial charge < -0.3 is 20.0 Å². The normalized spacial score (nSPS) is 11.2. The Balaban J connectivity index is 1.87. The Kier molecular flexibility index (Phi) is 7.00. The molecule has 0 aliphatic rings. The number of furan rings is 1. The van der Waals surface area contributed by atoms with E-state index in [0.29, 0.717) is 32.1 Å². The zero-order valence-electron chi connectivity index (χ0n) is 14.5. The molecule has 0 saturated carbocycles. The van der Waals surface area contributed by atoms with E-state index in [1.807, 2.05) is 24.9 Å². The molecule has 0 spiro atoms. The highest BCUT2D eigenvalue weighted by atomic mass is 19.1. The number of hydrogen-bond acceptors (Lipinski definition) is 3. The molecule has 2 N–H and O–H groups in total. The van der Waals surface area contributed by atoms with E-state index in [-0.39, 0.29) is 17.5 Å². The lowest BCUT2D eigenvalue weighted by Gasteiger charge is -2.22. The Hall–Kier alpha value is -2.83. The molecule has 0 aliphatic heterocycles. The Labute approximate surface area is 146 Å². The smallest absolute Gasteiger partial charge is 0.287 e. The van der Waals surface area contributed by atoms with Crippen molar-refractivity contribution >= 4 is 11.9 Å². The Morgan fingerprint density at radius 1 is 1.28 bits per heavy atom. The lowest BCUT2D eigenvalue weighted by atomic mass is 10.2. The number of hydrogen-bond donors (Lipinski definition) is 2. The largest absolute Gasteiger partial charge is 0.459 e. The van der Waals surface area contributed by atoms with Gasteiger partial charge in [-0.3, -0.25) is 9.79 Å². The first kappa shape index (κ1) is 18.5. The maximum atomic E-state index is 13.3. The number of rotatable bonds is 7. The van der Waals surface area contributed by atoms with E-state index in [9.17, 15) is 9.18 Å². The molecule has 1 aromatic carbocycles. The third-order valence-corrected chi connectivity index (χ3v) is 3.41. The van der Waals surface area contributed by atoms with Gasteiger partial charge in [0.2, 0.25) is 0 Å². The SMILES string of the molecule is CCNC(=NCCNC(=O)c1ccco1)N(C)Cc1cccc(F)c1. The number of benzene rings is 1. The van der Waals surface area contributed by atoms with Gasteiger partial charge >= 0.3 is 0 Å². The van der Waals surface area contributed by atoms with Crippen molar-refractivity contribution in [3.05, 3.63) is 59.8 Å². The van der Waals surface area contributed by atoms with Gasteiger partial charge in [-0.15, -0.1) is 0 Å². The summed E-state index contributed by atoms with van der Waals surface area (Å²) in [7, 11) is 1.88. The summed E-state index contributed by atoms with van der Waals surface area (Å²) in [6.45, 7) is 4.03. The van der Waals surface area contributed by atoms with Gasteiger partial charge in [0.15, 0.2) is 11.7 Å². The maximum Gasteiger partial charge on any atom is 0.287 e. The number of carbonyl (C=O) groups is 1. The number of nitrogens with one attached hydrogen (secondary N) is 2. The second-order valence-electron chi connectivity index (χ2n) is 5.45. The molecule has 134 valence electrons. The van der Waals surface area contributed by atoms with Crippen LogP contribution >= 0.6 is 0 Å². The molecule has 0 fully saturated rings. The predicted molar refractivity (Wildman–Crippen MR) is 94.9 cm³/mol. The van der Waals surface area contributed by atoms with E-state index < -0.39 is 0 Å². The highest BCUT2D eigenvalue weighted by Gasteiger charge is 2.08. The van der Waals surface area contributed by atoms with Crippen LogP contribution in [0, 0.1) is 5.82 Å². The monoisotopic (exact) mass is 346 g/mol. The molecule has 0 radical (unpaired) electrons. The molecular weight excluding hydrogens is 323 g/mol. The van der Waals surface area contributed by atoms with Crippen LogP contribution in [0.1, 0.15) is 23.0 Å². The van der Waals surface area contributed by atoms with Crippen LogP contribution in [-0.2, 0) is 6.54 Å². The topological polar surface area (TPSA) is 69.9 Å². The molecular formula is C18H23FN4O2. The van der Waals surface area contributed by atoms with Crippen LogP contribution in [-0.4, -0.2) is 43.4 Å². The molecule has 2 rings (SSSR count). The van der Waals surface area contributed by atoms with E-state index in [2.05, 4.69) is 15.6 Å². The van der Waals surface area contributed by atoms with Crippen molar-refractivity contribution in [2.45, 2.75) is 13.5 Å². The second-order valence-corrected chi connectivity index (χ2v) is 5.45. The fourth-order valence-electron chi connectivity index (χ4n) is 2.28. The summed E-state index contributed by atoms with van der Waals surface area (Å²) in [6, 6.07) is 9.75. The minimum absolute atomic E-state index is 0.256. The van der Waals surface area contributed by atoms with Gasteiger partial charge in [-0.2, -0.15) is 0 Å². The first-order valence-electron chi connectivity index (χ1n) is 8.15. The highest BCUT2D eigenvalue weighted by molar-refractivity contribution is 5.91. The van der Waals surface area contributed by atoms with Crippen LogP contribution in [0.15, 0.2) is 52.1 Å². The minimum atomic E-state index is -0.265. The standard InChI is InChI=1S/C18H23FN4O2/c1-3-20-18(23(2)13-14-6-4-7-15(19)12-14)22-10-9-21-17(24)16-8-5-11-25-16/h4-8,11-12H,3,9-10,13H2,1-2H3,(H,20,22)(H,21,24). The van der Waals surface area contributed by atoms with Crippen molar-refractivity contribution in [3.8, 4) is 0 Å². The van der Waals surface area contributed by atoms with Crippen LogP contribution in [0.2, 0.25) is 0 Å². The number of carbonyl (C=O) groups excluding carboxylic acids is 1. The first-order chi connectivity index (χ1) is 12.1. The van der Waals surface area contributed by atoms with Gasteiger partial charge in [-0.1, -0.05) is 12.1 Å². The Morgan fingerprint density at radius 2 is 2.12 bits per heavy atom. The van der Waals surface area contributed by atoms with E-state index in [4.69, 9.17) is 4.42 Å². The second kappa shape index (κ2) is 9.46. The molecule has 0 atom stereocenters. The molecule has 6 nitrogen and oxygen atoms in total. The van der Waals surface area contributed by atoms with Gasteiger partial charge in [-0.05, 0) is 36.8 Å². The van der Waals surface area contributed by atoms with E-state index in [1.54, 1.807) is 18.2 Å². The third-order valence-electron chi connectivity index (χ3n) is 3.41. The van der Waals surface area contributed by atoms with Crippen molar-refractivity contribution in [1.29, 1.82) is 0 Å². The average Bonchev–Trinajstić information content (AvgIpc) is 3.12. The summed E-state index contributed by atoms with van der Waals surface area (Å²) in [5, 5.41) is 5.93.